The topological polar surface area (TPSA) is 97.0 Å². The molecule has 1 aliphatic rings. The van der Waals surface area contributed by atoms with E-state index in [1.54, 1.807) is 13.2 Å². The highest BCUT2D eigenvalue weighted by molar-refractivity contribution is 7.89. The average molecular weight is 385 g/mol. The molecule has 1 amide bonds. The molecule has 1 aliphatic heterocycles. The Hall–Kier alpha value is -1.68. The van der Waals surface area contributed by atoms with Crippen molar-refractivity contribution in [2.24, 2.45) is 0 Å². The number of hydrogen-bond donors (Lipinski definition) is 2. The van der Waals surface area contributed by atoms with E-state index >= 15 is 0 Å². The van der Waals surface area contributed by atoms with Crippen LogP contribution >= 0.6 is 0 Å². The fourth-order valence-electron chi connectivity index (χ4n) is 2.77. The molecule has 2 rings (SSSR count). The first kappa shape index (κ1) is 20.6. The number of carbonyl (C=O) groups excluding carboxylic acids is 1. The van der Waals surface area contributed by atoms with Gasteiger partial charge in [-0.05, 0) is 31.0 Å². The quantitative estimate of drug-likeness (QED) is 0.617. The van der Waals surface area contributed by atoms with Crippen LogP contribution in [0.2, 0.25) is 0 Å². The van der Waals surface area contributed by atoms with Gasteiger partial charge in [0.25, 0.3) is 0 Å². The van der Waals surface area contributed by atoms with Crippen molar-refractivity contribution in [3.8, 4) is 5.75 Å². The molecule has 9 heteroatoms. The van der Waals surface area contributed by atoms with Gasteiger partial charge in [0.05, 0.1) is 30.8 Å². The summed E-state index contributed by atoms with van der Waals surface area (Å²) in [5, 5.41) is 5.64. The zero-order chi connectivity index (χ0) is 19.0. The predicted octanol–water partition coefficient (Wildman–Crippen LogP) is 1.04. The van der Waals surface area contributed by atoms with Crippen LogP contribution in [-0.4, -0.2) is 65.6 Å². The van der Waals surface area contributed by atoms with Gasteiger partial charge in [-0.2, -0.15) is 4.31 Å². The van der Waals surface area contributed by atoms with Crippen LogP contribution in [0.1, 0.15) is 19.3 Å². The molecule has 1 saturated heterocycles. The van der Waals surface area contributed by atoms with Crippen molar-refractivity contribution in [3.63, 3.8) is 0 Å². The Morgan fingerprint density at radius 2 is 1.92 bits per heavy atom. The van der Waals surface area contributed by atoms with E-state index in [1.165, 1.54) is 23.5 Å². The summed E-state index contributed by atoms with van der Waals surface area (Å²) in [7, 11) is -0.518. The van der Waals surface area contributed by atoms with E-state index < -0.39 is 10.0 Å². The van der Waals surface area contributed by atoms with E-state index in [1.807, 2.05) is 0 Å². The van der Waals surface area contributed by atoms with Crippen LogP contribution in [-0.2, 0) is 19.6 Å². The number of rotatable bonds is 9. The Balaban J connectivity index is 2.13. The number of amides is 1. The number of nitrogens with zero attached hydrogens (tertiary/aromatic N) is 1. The molecule has 0 unspecified atom stereocenters. The highest BCUT2D eigenvalue weighted by Gasteiger charge is 2.26. The van der Waals surface area contributed by atoms with Crippen LogP contribution in [0.15, 0.2) is 23.1 Å². The van der Waals surface area contributed by atoms with Crippen LogP contribution in [0, 0.1) is 0 Å². The number of sulfonamides is 1. The molecular formula is C17H27N3O5S. The minimum atomic E-state index is -3.58. The zero-order valence-electron chi connectivity index (χ0n) is 15.3. The standard InChI is InChI=1S/C17H27N3O5S/c1-24-11-8-18-13-17(21)19-15-12-14(6-7-16(15)25-2)26(22,23)20-9-4-3-5-10-20/h6-7,12,18H,3-5,8-11,13H2,1-2H3,(H,19,21). The molecule has 1 fully saturated rings. The number of benzene rings is 1. The van der Waals surface area contributed by atoms with Gasteiger partial charge in [0.1, 0.15) is 5.75 Å². The predicted molar refractivity (Wildman–Crippen MR) is 99.0 cm³/mol. The maximum absolute atomic E-state index is 12.8. The Kier molecular flexibility index (Phi) is 7.83. The largest absolute Gasteiger partial charge is 0.495 e. The van der Waals surface area contributed by atoms with Gasteiger partial charge in [-0.1, -0.05) is 6.42 Å². The van der Waals surface area contributed by atoms with Gasteiger partial charge >= 0.3 is 0 Å². The van der Waals surface area contributed by atoms with Gasteiger partial charge in [0.15, 0.2) is 0 Å². The molecule has 1 heterocycles. The molecule has 146 valence electrons. The third-order valence-electron chi connectivity index (χ3n) is 4.17. The van der Waals surface area contributed by atoms with Crippen molar-refractivity contribution in [1.29, 1.82) is 0 Å². The van der Waals surface area contributed by atoms with Gasteiger partial charge in [-0.25, -0.2) is 8.42 Å². The maximum atomic E-state index is 12.8. The number of hydrogen-bond acceptors (Lipinski definition) is 6. The molecular weight excluding hydrogens is 358 g/mol. The molecule has 0 atom stereocenters. The van der Waals surface area contributed by atoms with Crippen molar-refractivity contribution in [3.05, 3.63) is 18.2 Å². The lowest BCUT2D eigenvalue weighted by atomic mass is 10.2. The van der Waals surface area contributed by atoms with Crippen LogP contribution < -0.4 is 15.4 Å². The molecule has 2 N–H and O–H groups in total. The fraction of sp³-hybridized carbons (Fsp3) is 0.588. The molecule has 0 bridgehead atoms. The average Bonchev–Trinajstić information content (AvgIpc) is 2.66. The second-order valence-electron chi connectivity index (χ2n) is 6.04. The highest BCUT2D eigenvalue weighted by Crippen LogP contribution is 2.29. The number of carbonyl (C=O) groups is 1. The second kappa shape index (κ2) is 9.86. The third-order valence-corrected chi connectivity index (χ3v) is 6.06. The van der Waals surface area contributed by atoms with Gasteiger partial charge < -0.3 is 20.1 Å². The molecule has 1 aromatic carbocycles. The van der Waals surface area contributed by atoms with E-state index in [2.05, 4.69) is 10.6 Å². The van der Waals surface area contributed by atoms with E-state index in [0.717, 1.165) is 19.3 Å². The first-order valence-corrected chi connectivity index (χ1v) is 10.1. The minimum absolute atomic E-state index is 0.0929. The van der Waals surface area contributed by atoms with Crippen molar-refractivity contribution in [1.82, 2.24) is 9.62 Å². The Morgan fingerprint density at radius 3 is 2.58 bits per heavy atom. The Morgan fingerprint density at radius 1 is 1.19 bits per heavy atom. The van der Waals surface area contributed by atoms with E-state index in [0.29, 0.717) is 37.7 Å². The molecule has 0 aromatic heterocycles. The van der Waals surface area contributed by atoms with Crippen LogP contribution in [0.25, 0.3) is 0 Å². The first-order chi connectivity index (χ1) is 12.5. The summed E-state index contributed by atoms with van der Waals surface area (Å²) in [6, 6.07) is 4.52. The third kappa shape index (κ3) is 5.41. The van der Waals surface area contributed by atoms with E-state index in [-0.39, 0.29) is 17.3 Å². The van der Waals surface area contributed by atoms with Gasteiger partial charge in [-0.15, -0.1) is 0 Å². The number of piperidine rings is 1. The summed E-state index contributed by atoms with van der Waals surface area (Å²) in [4.78, 5) is 12.2. The first-order valence-electron chi connectivity index (χ1n) is 8.66. The molecule has 0 saturated carbocycles. The SMILES string of the molecule is COCCNCC(=O)Nc1cc(S(=O)(=O)N2CCCCC2)ccc1OC. The molecule has 0 aliphatic carbocycles. The van der Waals surface area contributed by atoms with Gasteiger partial charge in [-0.3, -0.25) is 4.79 Å². The summed E-state index contributed by atoms with van der Waals surface area (Å²) in [5.74, 6) is 0.125. The van der Waals surface area contributed by atoms with E-state index in [9.17, 15) is 13.2 Å². The lowest BCUT2D eigenvalue weighted by molar-refractivity contribution is -0.115. The van der Waals surface area contributed by atoms with Crippen LogP contribution in [0.3, 0.4) is 0 Å². The highest BCUT2D eigenvalue weighted by atomic mass is 32.2. The summed E-state index contributed by atoms with van der Waals surface area (Å²) in [5.41, 5.74) is 0.337. The maximum Gasteiger partial charge on any atom is 0.243 e. The van der Waals surface area contributed by atoms with Crippen molar-refractivity contribution in [2.45, 2.75) is 24.2 Å². The lowest BCUT2D eigenvalue weighted by Gasteiger charge is -2.26. The van der Waals surface area contributed by atoms with Crippen molar-refractivity contribution in [2.75, 3.05) is 52.3 Å². The zero-order valence-corrected chi connectivity index (χ0v) is 16.1. The van der Waals surface area contributed by atoms with Crippen molar-refractivity contribution >= 4 is 21.6 Å². The number of nitrogens with one attached hydrogen (secondary N) is 2. The minimum Gasteiger partial charge on any atom is -0.495 e. The number of anilines is 1. The molecule has 0 spiro atoms. The number of ether oxygens (including phenoxy) is 2. The Labute approximate surface area is 154 Å². The molecule has 0 radical (unpaired) electrons. The molecule has 8 nitrogen and oxygen atoms in total. The normalized spacial score (nSPS) is 15.6. The van der Waals surface area contributed by atoms with Gasteiger partial charge in [0.2, 0.25) is 15.9 Å². The lowest BCUT2D eigenvalue weighted by Crippen LogP contribution is -2.35. The van der Waals surface area contributed by atoms with Crippen molar-refractivity contribution < 1.29 is 22.7 Å². The monoisotopic (exact) mass is 385 g/mol. The van der Waals surface area contributed by atoms with Gasteiger partial charge in [0, 0.05) is 26.7 Å². The van der Waals surface area contributed by atoms with Crippen LogP contribution in [0.4, 0.5) is 5.69 Å². The summed E-state index contributed by atoms with van der Waals surface area (Å²) in [6.07, 6.45) is 2.78. The van der Waals surface area contributed by atoms with E-state index in [4.69, 9.17) is 9.47 Å². The smallest absolute Gasteiger partial charge is 0.243 e. The second-order valence-corrected chi connectivity index (χ2v) is 7.98. The summed E-state index contributed by atoms with van der Waals surface area (Å²) >= 11 is 0. The Bertz CT molecular complexity index is 702. The van der Waals surface area contributed by atoms with Crippen LogP contribution in [0.5, 0.6) is 5.75 Å². The molecule has 26 heavy (non-hydrogen) atoms. The fourth-order valence-corrected chi connectivity index (χ4v) is 4.31. The summed E-state index contributed by atoms with van der Waals surface area (Å²) < 4.78 is 37.3. The summed E-state index contributed by atoms with van der Waals surface area (Å²) in [6.45, 7) is 2.19. The molecule has 1 aromatic rings. The number of methoxy groups -OCH3 is 2.